The predicted molar refractivity (Wildman–Crippen MR) is 61.0 cm³/mol. The third kappa shape index (κ3) is 2.32. The SMILES string of the molecule is CCC1(C)CC(=O)N(CC(C)CN)N1C. The van der Waals surface area contributed by atoms with Gasteiger partial charge < -0.3 is 5.73 Å². The Morgan fingerprint density at radius 3 is 2.60 bits per heavy atom. The van der Waals surface area contributed by atoms with Crippen LogP contribution >= 0.6 is 0 Å². The number of amides is 1. The zero-order valence-electron chi connectivity index (χ0n) is 10.3. The maximum atomic E-state index is 11.9. The molecule has 1 rings (SSSR count). The largest absolute Gasteiger partial charge is 0.330 e. The van der Waals surface area contributed by atoms with Crippen molar-refractivity contribution in [3.8, 4) is 0 Å². The van der Waals surface area contributed by atoms with Gasteiger partial charge in [-0.15, -0.1) is 0 Å². The van der Waals surface area contributed by atoms with E-state index in [0.717, 1.165) is 13.0 Å². The summed E-state index contributed by atoms with van der Waals surface area (Å²) in [7, 11) is 2.00. The molecule has 2 N–H and O–H groups in total. The van der Waals surface area contributed by atoms with Gasteiger partial charge >= 0.3 is 0 Å². The van der Waals surface area contributed by atoms with E-state index in [1.807, 2.05) is 12.1 Å². The Bertz CT molecular complexity index is 244. The lowest BCUT2D eigenvalue weighted by Gasteiger charge is -2.36. The second-order valence-electron chi connectivity index (χ2n) is 4.87. The van der Waals surface area contributed by atoms with Gasteiger partial charge in [-0.25, -0.2) is 5.01 Å². The average Bonchev–Trinajstić information content (AvgIpc) is 2.42. The molecular weight excluding hydrogens is 190 g/mol. The van der Waals surface area contributed by atoms with Crippen LogP contribution < -0.4 is 5.73 Å². The molecule has 1 fully saturated rings. The Morgan fingerprint density at radius 1 is 1.60 bits per heavy atom. The van der Waals surface area contributed by atoms with Crippen molar-refractivity contribution in [2.75, 3.05) is 20.1 Å². The maximum Gasteiger partial charge on any atom is 0.238 e. The first-order valence-electron chi connectivity index (χ1n) is 5.68. The molecule has 88 valence electrons. The van der Waals surface area contributed by atoms with Crippen LogP contribution in [0.2, 0.25) is 0 Å². The lowest BCUT2D eigenvalue weighted by molar-refractivity contribution is -0.139. The van der Waals surface area contributed by atoms with Gasteiger partial charge in [0.15, 0.2) is 0 Å². The van der Waals surface area contributed by atoms with E-state index >= 15 is 0 Å². The second-order valence-corrected chi connectivity index (χ2v) is 4.87. The van der Waals surface area contributed by atoms with Gasteiger partial charge in [0.1, 0.15) is 0 Å². The fraction of sp³-hybridized carbons (Fsp3) is 0.909. The van der Waals surface area contributed by atoms with Crippen molar-refractivity contribution in [1.82, 2.24) is 10.0 Å². The van der Waals surface area contributed by atoms with Crippen molar-refractivity contribution < 1.29 is 4.79 Å². The molecule has 0 aromatic rings. The molecule has 0 aromatic carbocycles. The Balaban J connectivity index is 2.71. The molecule has 1 aliphatic rings. The van der Waals surface area contributed by atoms with Gasteiger partial charge in [0.05, 0.1) is 0 Å². The van der Waals surface area contributed by atoms with Crippen LogP contribution in [0.4, 0.5) is 0 Å². The van der Waals surface area contributed by atoms with E-state index in [1.165, 1.54) is 0 Å². The Morgan fingerprint density at radius 2 is 2.20 bits per heavy atom. The highest BCUT2D eigenvalue weighted by Crippen LogP contribution is 2.31. The van der Waals surface area contributed by atoms with Crippen LogP contribution in [0.3, 0.4) is 0 Å². The third-order valence-corrected chi connectivity index (χ3v) is 3.61. The summed E-state index contributed by atoms with van der Waals surface area (Å²) < 4.78 is 0. The van der Waals surface area contributed by atoms with Crippen molar-refractivity contribution in [2.24, 2.45) is 11.7 Å². The van der Waals surface area contributed by atoms with E-state index in [1.54, 1.807) is 0 Å². The molecule has 0 aliphatic carbocycles. The number of nitrogens with two attached hydrogens (primary N) is 1. The summed E-state index contributed by atoms with van der Waals surface area (Å²) in [5, 5.41) is 3.93. The van der Waals surface area contributed by atoms with Crippen LogP contribution in [-0.2, 0) is 4.79 Å². The van der Waals surface area contributed by atoms with Gasteiger partial charge in [0, 0.05) is 25.6 Å². The quantitative estimate of drug-likeness (QED) is 0.752. The monoisotopic (exact) mass is 213 g/mol. The zero-order chi connectivity index (χ0) is 11.6. The van der Waals surface area contributed by atoms with Crippen molar-refractivity contribution in [1.29, 1.82) is 0 Å². The summed E-state index contributed by atoms with van der Waals surface area (Å²) in [6.07, 6.45) is 1.61. The van der Waals surface area contributed by atoms with Crippen LogP contribution in [-0.4, -0.2) is 41.6 Å². The summed E-state index contributed by atoms with van der Waals surface area (Å²) in [6, 6.07) is 0. The minimum Gasteiger partial charge on any atom is -0.330 e. The Hall–Kier alpha value is -0.610. The molecule has 4 heteroatoms. The van der Waals surface area contributed by atoms with Crippen molar-refractivity contribution in [2.45, 2.75) is 39.2 Å². The fourth-order valence-corrected chi connectivity index (χ4v) is 1.94. The topological polar surface area (TPSA) is 49.6 Å². The minimum atomic E-state index is -0.00853. The Kier molecular flexibility index (Phi) is 3.73. The van der Waals surface area contributed by atoms with Gasteiger partial charge in [-0.3, -0.25) is 9.80 Å². The first kappa shape index (κ1) is 12.5. The van der Waals surface area contributed by atoms with Crippen molar-refractivity contribution >= 4 is 5.91 Å². The van der Waals surface area contributed by atoms with E-state index in [-0.39, 0.29) is 11.4 Å². The third-order valence-electron chi connectivity index (χ3n) is 3.61. The van der Waals surface area contributed by atoms with Gasteiger partial charge in [-0.1, -0.05) is 13.8 Å². The first-order valence-corrected chi connectivity index (χ1v) is 5.68. The maximum absolute atomic E-state index is 11.9. The normalized spacial score (nSPS) is 29.9. The molecule has 2 atom stereocenters. The molecule has 1 aliphatic heterocycles. The number of rotatable bonds is 4. The van der Waals surface area contributed by atoms with Crippen LogP contribution in [0, 0.1) is 5.92 Å². The first-order chi connectivity index (χ1) is 6.94. The highest BCUT2D eigenvalue weighted by Gasteiger charge is 2.43. The van der Waals surface area contributed by atoms with Gasteiger partial charge in [-0.05, 0) is 25.8 Å². The summed E-state index contributed by atoms with van der Waals surface area (Å²) >= 11 is 0. The Labute approximate surface area is 92.4 Å². The predicted octanol–water partition coefficient (Wildman–Crippen LogP) is 0.829. The minimum absolute atomic E-state index is 0.00853. The number of carbonyl (C=O) groups is 1. The molecule has 4 nitrogen and oxygen atoms in total. The molecule has 0 saturated carbocycles. The fourth-order valence-electron chi connectivity index (χ4n) is 1.94. The number of hydrogen-bond acceptors (Lipinski definition) is 3. The molecule has 2 unspecified atom stereocenters. The molecule has 1 heterocycles. The summed E-state index contributed by atoms with van der Waals surface area (Å²) in [5.74, 6) is 0.581. The van der Waals surface area contributed by atoms with Crippen LogP contribution in [0.5, 0.6) is 0 Å². The molecule has 1 amide bonds. The standard InChI is InChI=1S/C11H23N3O/c1-5-11(3)6-10(15)14(13(11)4)8-9(2)7-12/h9H,5-8,12H2,1-4H3. The second kappa shape index (κ2) is 4.49. The number of hydrazine groups is 1. The van der Waals surface area contributed by atoms with Gasteiger partial charge in [0.2, 0.25) is 5.91 Å². The van der Waals surface area contributed by atoms with Crippen LogP contribution in [0.15, 0.2) is 0 Å². The van der Waals surface area contributed by atoms with E-state index in [9.17, 15) is 4.79 Å². The summed E-state index contributed by atoms with van der Waals surface area (Å²) in [4.78, 5) is 11.9. The molecule has 0 aromatic heterocycles. The number of nitrogens with zero attached hydrogens (tertiary/aromatic N) is 2. The zero-order valence-corrected chi connectivity index (χ0v) is 10.3. The smallest absolute Gasteiger partial charge is 0.238 e. The van der Waals surface area contributed by atoms with Gasteiger partial charge in [-0.2, -0.15) is 0 Å². The molecule has 1 saturated heterocycles. The van der Waals surface area contributed by atoms with Crippen LogP contribution in [0.1, 0.15) is 33.6 Å². The van der Waals surface area contributed by atoms with E-state index in [0.29, 0.717) is 18.9 Å². The summed E-state index contributed by atoms with van der Waals surface area (Å²) in [6.45, 7) is 7.70. The number of carbonyl (C=O) groups excluding carboxylic acids is 1. The molecule has 0 spiro atoms. The van der Waals surface area contributed by atoms with Gasteiger partial charge in [0.25, 0.3) is 0 Å². The van der Waals surface area contributed by atoms with Crippen molar-refractivity contribution in [3.05, 3.63) is 0 Å². The van der Waals surface area contributed by atoms with E-state index in [2.05, 4.69) is 25.8 Å². The highest BCUT2D eigenvalue weighted by molar-refractivity contribution is 5.79. The van der Waals surface area contributed by atoms with E-state index in [4.69, 9.17) is 5.73 Å². The lowest BCUT2D eigenvalue weighted by atomic mass is 9.96. The van der Waals surface area contributed by atoms with Crippen LogP contribution in [0.25, 0.3) is 0 Å². The molecule has 15 heavy (non-hydrogen) atoms. The van der Waals surface area contributed by atoms with Crippen molar-refractivity contribution in [3.63, 3.8) is 0 Å². The highest BCUT2D eigenvalue weighted by atomic mass is 16.2. The lowest BCUT2D eigenvalue weighted by Crippen LogP contribution is -2.47. The average molecular weight is 213 g/mol. The summed E-state index contributed by atoms with van der Waals surface area (Å²) in [5.41, 5.74) is 5.58. The number of hydrogen-bond donors (Lipinski definition) is 1. The molecule has 0 radical (unpaired) electrons. The molecular formula is C11H23N3O. The molecule has 0 bridgehead atoms. The van der Waals surface area contributed by atoms with E-state index < -0.39 is 0 Å².